The van der Waals surface area contributed by atoms with Crippen LogP contribution < -0.4 is 5.32 Å². The van der Waals surface area contributed by atoms with Gasteiger partial charge in [0.05, 0.1) is 25.4 Å². The summed E-state index contributed by atoms with van der Waals surface area (Å²) in [6.07, 6.45) is 79.7. The van der Waals surface area contributed by atoms with Crippen LogP contribution in [0.2, 0.25) is 0 Å². The molecule has 0 rings (SSSR count). The molecule has 6 nitrogen and oxygen atoms in total. The summed E-state index contributed by atoms with van der Waals surface area (Å²) < 4.78 is 5.46. The van der Waals surface area contributed by atoms with Crippen molar-refractivity contribution < 1.29 is 24.5 Å². The number of hydrogen-bond donors (Lipinski definition) is 3. The highest BCUT2D eigenvalue weighted by molar-refractivity contribution is 5.76. The van der Waals surface area contributed by atoms with Crippen molar-refractivity contribution in [1.82, 2.24) is 5.32 Å². The summed E-state index contributed by atoms with van der Waals surface area (Å²) in [6.45, 7) is 4.95. The molecule has 0 saturated carbocycles. The minimum Gasteiger partial charge on any atom is -0.466 e. The molecule has 0 radical (unpaired) electrons. The summed E-state index contributed by atoms with van der Waals surface area (Å²) in [7, 11) is 0. The van der Waals surface area contributed by atoms with Gasteiger partial charge >= 0.3 is 5.97 Å². The fourth-order valence-electron chi connectivity index (χ4n) is 11.0. The number of unbranched alkanes of at least 4 members (excludes halogenated alkanes) is 52. The second-order valence-electron chi connectivity index (χ2n) is 23.9. The van der Waals surface area contributed by atoms with Crippen LogP contribution in [0, 0.1) is 0 Å². The van der Waals surface area contributed by atoms with Crippen molar-refractivity contribution >= 4 is 11.9 Å². The normalized spacial score (nSPS) is 12.5. The van der Waals surface area contributed by atoms with Gasteiger partial charge in [-0.15, -0.1) is 0 Å². The molecule has 0 fully saturated rings. The van der Waals surface area contributed by atoms with Gasteiger partial charge in [0.15, 0.2) is 0 Å². The number of esters is 1. The van der Waals surface area contributed by atoms with Gasteiger partial charge in [0.1, 0.15) is 0 Å². The van der Waals surface area contributed by atoms with Crippen LogP contribution in [0.3, 0.4) is 0 Å². The van der Waals surface area contributed by atoms with Gasteiger partial charge in [-0.1, -0.05) is 347 Å². The molecule has 6 heteroatoms. The van der Waals surface area contributed by atoms with Gasteiger partial charge in [0.2, 0.25) is 5.91 Å². The Balaban J connectivity index is 3.38. The van der Waals surface area contributed by atoms with Crippen LogP contribution in [-0.2, 0) is 14.3 Å². The van der Waals surface area contributed by atoms with E-state index in [0.29, 0.717) is 25.9 Å². The second kappa shape index (κ2) is 65.1. The third kappa shape index (κ3) is 61.7. The summed E-state index contributed by atoms with van der Waals surface area (Å²) in [5.41, 5.74) is 0. The number of aliphatic hydroxyl groups excluding tert-OH is 2. The summed E-state index contributed by atoms with van der Waals surface area (Å²) in [4.78, 5) is 24.6. The van der Waals surface area contributed by atoms with E-state index in [0.717, 1.165) is 44.9 Å². The van der Waals surface area contributed by atoms with E-state index in [2.05, 4.69) is 31.3 Å². The predicted molar refractivity (Wildman–Crippen MR) is 329 cm³/mol. The van der Waals surface area contributed by atoms with Crippen molar-refractivity contribution in [1.29, 1.82) is 0 Å². The van der Waals surface area contributed by atoms with Gasteiger partial charge in [-0.2, -0.15) is 0 Å². The van der Waals surface area contributed by atoms with E-state index in [-0.39, 0.29) is 18.5 Å². The molecule has 0 aliphatic rings. The zero-order chi connectivity index (χ0) is 54.3. The Bertz CT molecular complexity index is 1130. The van der Waals surface area contributed by atoms with Gasteiger partial charge in [-0.05, 0) is 44.9 Å². The van der Waals surface area contributed by atoms with E-state index in [4.69, 9.17) is 4.74 Å². The fraction of sp³-hybridized carbons (Fsp3) is 0.942. The minimum absolute atomic E-state index is 0.00329. The SMILES string of the molecule is CCCC/C=C\CCCCCCCC(=O)OCCCCCCCCCCCCCCCCCCCCCCCCC(=O)NC(CO)C(O)CCCCCCCCCCCCCCCCCCCCCCCCCCC. The molecular weight excluding hydrogens is 923 g/mol. The van der Waals surface area contributed by atoms with E-state index in [1.54, 1.807) is 0 Å². The number of aliphatic hydroxyl groups is 2. The maximum atomic E-state index is 12.6. The van der Waals surface area contributed by atoms with E-state index in [1.165, 1.54) is 315 Å². The molecule has 0 spiro atoms. The first-order chi connectivity index (χ1) is 37.0. The molecule has 2 atom stereocenters. The fourth-order valence-corrected chi connectivity index (χ4v) is 11.0. The number of rotatable bonds is 65. The number of nitrogens with one attached hydrogen (secondary N) is 1. The predicted octanol–water partition coefficient (Wildman–Crippen LogP) is 22.0. The Morgan fingerprint density at radius 3 is 0.987 bits per heavy atom. The van der Waals surface area contributed by atoms with Crippen molar-refractivity contribution in [2.45, 2.75) is 405 Å². The summed E-state index contributed by atoms with van der Waals surface area (Å²) in [5.74, 6) is -0.0267. The third-order valence-corrected chi connectivity index (χ3v) is 16.3. The molecule has 0 aliphatic heterocycles. The molecule has 0 aliphatic carbocycles. The lowest BCUT2D eigenvalue weighted by molar-refractivity contribution is -0.143. The molecule has 1 amide bonds. The number of ether oxygens (including phenoxy) is 1. The maximum absolute atomic E-state index is 12.6. The van der Waals surface area contributed by atoms with Crippen LogP contribution in [0.1, 0.15) is 393 Å². The quantitative estimate of drug-likeness (QED) is 0.0320. The Hall–Kier alpha value is -1.40. The average molecular weight is 1060 g/mol. The molecular formula is C69H135NO5. The highest BCUT2D eigenvalue weighted by atomic mass is 16.5. The van der Waals surface area contributed by atoms with Gasteiger partial charge in [-0.25, -0.2) is 0 Å². The second-order valence-corrected chi connectivity index (χ2v) is 23.9. The molecule has 0 saturated heterocycles. The van der Waals surface area contributed by atoms with Crippen LogP contribution >= 0.6 is 0 Å². The molecule has 0 aromatic carbocycles. The number of allylic oxidation sites excluding steroid dienone is 2. The van der Waals surface area contributed by atoms with E-state index in [9.17, 15) is 19.8 Å². The van der Waals surface area contributed by atoms with E-state index >= 15 is 0 Å². The summed E-state index contributed by atoms with van der Waals surface area (Å²) >= 11 is 0. The van der Waals surface area contributed by atoms with Crippen molar-refractivity contribution in [2.75, 3.05) is 13.2 Å². The molecule has 3 N–H and O–H groups in total. The molecule has 0 bridgehead atoms. The van der Waals surface area contributed by atoms with E-state index in [1.807, 2.05) is 0 Å². The zero-order valence-electron chi connectivity index (χ0n) is 51.1. The first-order valence-corrected chi connectivity index (χ1v) is 34.4. The minimum atomic E-state index is -0.665. The molecule has 0 aromatic heterocycles. The van der Waals surface area contributed by atoms with Gasteiger partial charge < -0.3 is 20.3 Å². The topological polar surface area (TPSA) is 95.9 Å². The molecule has 0 aromatic rings. The monoisotopic (exact) mass is 1060 g/mol. The van der Waals surface area contributed by atoms with Crippen LogP contribution in [0.4, 0.5) is 0 Å². The Morgan fingerprint density at radius 2 is 0.640 bits per heavy atom. The average Bonchev–Trinajstić information content (AvgIpc) is 3.41. The lowest BCUT2D eigenvalue weighted by Gasteiger charge is -2.22. The Kier molecular flexibility index (Phi) is 63.9. The lowest BCUT2D eigenvalue weighted by atomic mass is 10.0. The molecule has 0 heterocycles. The lowest BCUT2D eigenvalue weighted by Crippen LogP contribution is -2.45. The van der Waals surface area contributed by atoms with Crippen molar-refractivity contribution in [3.63, 3.8) is 0 Å². The highest BCUT2D eigenvalue weighted by Crippen LogP contribution is 2.19. The maximum Gasteiger partial charge on any atom is 0.305 e. The van der Waals surface area contributed by atoms with Crippen LogP contribution in [-0.4, -0.2) is 47.4 Å². The van der Waals surface area contributed by atoms with Crippen molar-refractivity contribution in [3.05, 3.63) is 12.2 Å². The summed E-state index contributed by atoms with van der Waals surface area (Å²) in [6, 6.07) is -0.542. The number of amides is 1. The van der Waals surface area contributed by atoms with E-state index < -0.39 is 12.1 Å². The van der Waals surface area contributed by atoms with Crippen LogP contribution in [0.5, 0.6) is 0 Å². The molecule has 2 unspecified atom stereocenters. The summed E-state index contributed by atoms with van der Waals surface area (Å²) in [5, 5.41) is 23.4. The zero-order valence-corrected chi connectivity index (χ0v) is 51.1. The van der Waals surface area contributed by atoms with Crippen molar-refractivity contribution in [3.8, 4) is 0 Å². The highest BCUT2D eigenvalue weighted by Gasteiger charge is 2.20. The smallest absolute Gasteiger partial charge is 0.305 e. The van der Waals surface area contributed by atoms with Gasteiger partial charge in [0, 0.05) is 12.8 Å². The number of carbonyl (C=O) groups is 2. The van der Waals surface area contributed by atoms with Gasteiger partial charge in [-0.3, -0.25) is 9.59 Å². The van der Waals surface area contributed by atoms with Crippen molar-refractivity contribution in [2.24, 2.45) is 0 Å². The Labute approximate surface area is 469 Å². The third-order valence-electron chi connectivity index (χ3n) is 16.3. The standard InChI is InChI=1S/C69H135NO5/c1-3-5-7-9-11-13-15-16-17-18-19-20-21-22-23-26-29-32-35-38-42-45-49-53-57-61-67(72)66(65-71)70-68(73)62-58-54-50-46-43-39-36-33-30-27-24-25-28-31-34-37-40-44-48-52-56-60-64-75-69(74)63-59-55-51-47-41-14-12-10-8-6-4-2/h10,12,66-67,71-72H,3-9,11,13-65H2,1-2H3,(H,70,73)/b12-10-. The molecule has 446 valence electrons. The number of hydrogen-bond acceptors (Lipinski definition) is 5. The van der Waals surface area contributed by atoms with Crippen LogP contribution in [0.25, 0.3) is 0 Å². The van der Waals surface area contributed by atoms with Gasteiger partial charge in [0.25, 0.3) is 0 Å². The Morgan fingerprint density at radius 1 is 0.360 bits per heavy atom. The first kappa shape index (κ1) is 73.6. The van der Waals surface area contributed by atoms with Crippen LogP contribution in [0.15, 0.2) is 12.2 Å². The number of carbonyl (C=O) groups excluding carboxylic acids is 2. The first-order valence-electron chi connectivity index (χ1n) is 34.4. The molecule has 75 heavy (non-hydrogen) atoms. The largest absolute Gasteiger partial charge is 0.466 e.